The number of carbonyl (C=O) groups excluding carboxylic acids is 1. The zero-order valence-electron chi connectivity index (χ0n) is 17.7. The average Bonchev–Trinajstić information content (AvgIpc) is 3.46. The molecule has 1 N–H and O–H groups in total. The second kappa shape index (κ2) is 10.1. The molecule has 2 aromatic carbocycles. The molecule has 0 saturated heterocycles. The maximum absolute atomic E-state index is 12.3. The van der Waals surface area contributed by atoms with Crippen molar-refractivity contribution in [1.29, 1.82) is 0 Å². The fraction of sp³-hybridized carbons (Fsp3) is 0.238. The largest absolute Gasteiger partial charge is 0.497 e. The monoisotopic (exact) mass is 450 g/mol. The van der Waals surface area contributed by atoms with Gasteiger partial charge in [0.25, 0.3) is 0 Å². The molecule has 32 heavy (non-hydrogen) atoms. The molecule has 0 saturated carbocycles. The van der Waals surface area contributed by atoms with Crippen LogP contribution < -0.4 is 10.1 Å². The van der Waals surface area contributed by atoms with E-state index in [1.165, 1.54) is 16.6 Å². The number of methoxy groups -OCH3 is 1. The number of carbonyl (C=O) groups is 1. The van der Waals surface area contributed by atoms with Gasteiger partial charge in [-0.05, 0) is 36.4 Å². The Balaban J connectivity index is 1.37. The summed E-state index contributed by atoms with van der Waals surface area (Å²) in [6.07, 6.45) is 0. The second-order valence-electron chi connectivity index (χ2n) is 6.72. The number of rotatable bonds is 9. The number of amides is 1. The van der Waals surface area contributed by atoms with Gasteiger partial charge in [-0.2, -0.15) is 4.80 Å². The third-order valence-electron chi connectivity index (χ3n) is 4.58. The number of benzene rings is 2. The number of nitrogens with one attached hydrogen (secondary N) is 1. The fourth-order valence-corrected chi connectivity index (χ4v) is 3.82. The lowest BCUT2D eigenvalue weighted by molar-refractivity contribution is -0.113. The Morgan fingerprint density at radius 1 is 1.06 bits per heavy atom. The summed E-state index contributed by atoms with van der Waals surface area (Å²) in [6.45, 7) is 2.99. The molecule has 0 aliphatic heterocycles. The highest BCUT2D eigenvalue weighted by atomic mass is 32.2. The molecule has 0 atom stereocenters. The zero-order valence-corrected chi connectivity index (χ0v) is 18.5. The van der Waals surface area contributed by atoms with Gasteiger partial charge in [0.1, 0.15) is 12.3 Å². The van der Waals surface area contributed by atoms with Crippen molar-refractivity contribution in [1.82, 2.24) is 35.0 Å². The molecular weight excluding hydrogens is 428 g/mol. The Kier molecular flexibility index (Phi) is 6.75. The molecule has 11 heteroatoms. The summed E-state index contributed by atoms with van der Waals surface area (Å²) in [5.74, 6) is 2.07. The Morgan fingerprint density at radius 2 is 1.84 bits per heavy atom. The van der Waals surface area contributed by atoms with E-state index in [1.807, 2.05) is 41.8 Å². The molecule has 4 aromatic rings. The van der Waals surface area contributed by atoms with Gasteiger partial charge in [0, 0.05) is 17.8 Å². The molecule has 4 rings (SSSR count). The highest BCUT2D eigenvalue weighted by molar-refractivity contribution is 7.99. The van der Waals surface area contributed by atoms with Crippen molar-refractivity contribution >= 4 is 23.4 Å². The predicted molar refractivity (Wildman–Crippen MR) is 120 cm³/mol. The van der Waals surface area contributed by atoms with E-state index < -0.39 is 0 Å². The first-order valence-corrected chi connectivity index (χ1v) is 11.0. The first kappa shape index (κ1) is 21.5. The van der Waals surface area contributed by atoms with Crippen LogP contribution in [-0.2, 0) is 17.9 Å². The van der Waals surface area contributed by atoms with Crippen LogP contribution in [0.15, 0.2) is 59.8 Å². The second-order valence-corrected chi connectivity index (χ2v) is 7.66. The fourth-order valence-electron chi connectivity index (χ4n) is 3.00. The summed E-state index contributed by atoms with van der Waals surface area (Å²) >= 11 is 1.33. The van der Waals surface area contributed by atoms with Crippen molar-refractivity contribution in [2.75, 3.05) is 18.2 Å². The third-order valence-corrected chi connectivity index (χ3v) is 5.55. The molecule has 0 radical (unpaired) electrons. The van der Waals surface area contributed by atoms with Crippen molar-refractivity contribution in [3.8, 4) is 17.1 Å². The van der Waals surface area contributed by atoms with Crippen LogP contribution in [0, 0.1) is 0 Å². The molecule has 0 aliphatic rings. The van der Waals surface area contributed by atoms with Gasteiger partial charge < -0.3 is 14.6 Å². The summed E-state index contributed by atoms with van der Waals surface area (Å²) < 4.78 is 7.07. The van der Waals surface area contributed by atoms with E-state index in [0.29, 0.717) is 35.6 Å². The predicted octanol–water partition coefficient (Wildman–Crippen LogP) is 2.74. The molecule has 2 aromatic heterocycles. The summed E-state index contributed by atoms with van der Waals surface area (Å²) in [5.41, 5.74) is 1.61. The number of hydrogen-bond donors (Lipinski definition) is 1. The molecule has 0 aliphatic carbocycles. The molecule has 10 nitrogen and oxygen atoms in total. The first-order chi connectivity index (χ1) is 15.7. The van der Waals surface area contributed by atoms with Crippen LogP contribution in [0.4, 0.5) is 5.69 Å². The summed E-state index contributed by atoms with van der Waals surface area (Å²) in [5, 5.41) is 24.7. The van der Waals surface area contributed by atoms with Gasteiger partial charge in [-0.15, -0.1) is 20.4 Å². The molecule has 1 amide bonds. The minimum absolute atomic E-state index is 0.127. The minimum Gasteiger partial charge on any atom is -0.497 e. The van der Waals surface area contributed by atoms with Crippen LogP contribution in [0.1, 0.15) is 12.7 Å². The number of aromatic nitrogens is 7. The van der Waals surface area contributed by atoms with E-state index in [4.69, 9.17) is 4.74 Å². The Labute approximate surface area is 189 Å². The summed E-state index contributed by atoms with van der Waals surface area (Å²) in [6, 6.07) is 16.8. The van der Waals surface area contributed by atoms with Crippen LogP contribution in [0.2, 0.25) is 0 Å². The quantitative estimate of drug-likeness (QED) is 0.387. The maximum atomic E-state index is 12.3. The van der Waals surface area contributed by atoms with Crippen LogP contribution in [-0.4, -0.2) is 53.7 Å². The third kappa shape index (κ3) is 5.11. The van der Waals surface area contributed by atoms with Gasteiger partial charge in [-0.3, -0.25) is 4.79 Å². The lowest BCUT2D eigenvalue weighted by atomic mass is 10.2. The molecule has 0 bridgehead atoms. The molecule has 0 spiro atoms. The van der Waals surface area contributed by atoms with Crippen LogP contribution in [0.3, 0.4) is 0 Å². The van der Waals surface area contributed by atoms with Crippen LogP contribution in [0.25, 0.3) is 11.4 Å². The van der Waals surface area contributed by atoms with Gasteiger partial charge in [-0.1, -0.05) is 42.1 Å². The van der Waals surface area contributed by atoms with Crippen LogP contribution in [0.5, 0.6) is 5.75 Å². The highest BCUT2D eigenvalue weighted by Crippen LogP contribution is 2.19. The Morgan fingerprint density at radius 3 is 2.56 bits per heavy atom. The van der Waals surface area contributed by atoms with Gasteiger partial charge in [0.2, 0.25) is 11.7 Å². The number of hydrogen-bond acceptors (Lipinski definition) is 8. The van der Waals surface area contributed by atoms with E-state index in [0.717, 1.165) is 11.3 Å². The summed E-state index contributed by atoms with van der Waals surface area (Å²) in [4.78, 5) is 13.8. The number of tetrazole rings is 1. The van der Waals surface area contributed by atoms with Crippen LogP contribution >= 0.6 is 11.8 Å². The van der Waals surface area contributed by atoms with Crippen molar-refractivity contribution in [2.24, 2.45) is 0 Å². The van der Waals surface area contributed by atoms with Crippen molar-refractivity contribution in [3.63, 3.8) is 0 Å². The van der Waals surface area contributed by atoms with E-state index in [2.05, 4.69) is 30.9 Å². The average molecular weight is 451 g/mol. The van der Waals surface area contributed by atoms with E-state index in [9.17, 15) is 4.79 Å². The number of nitrogens with zero attached hydrogens (tertiary/aromatic N) is 7. The topological polar surface area (TPSA) is 113 Å². The smallest absolute Gasteiger partial charge is 0.234 e. The normalized spacial score (nSPS) is 10.8. The Bertz CT molecular complexity index is 1170. The number of ether oxygens (including phenoxy) is 1. The van der Waals surface area contributed by atoms with E-state index in [1.54, 1.807) is 31.4 Å². The van der Waals surface area contributed by atoms with Gasteiger partial charge >= 0.3 is 0 Å². The van der Waals surface area contributed by atoms with Gasteiger partial charge in [0.05, 0.1) is 12.9 Å². The maximum Gasteiger partial charge on any atom is 0.234 e. The highest BCUT2D eigenvalue weighted by Gasteiger charge is 2.15. The molecular formula is C21H22N8O2S. The Hall–Kier alpha value is -3.73. The van der Waals surface area contributed by atoms with E-state index >= 15 is 0 Å². The van der Waals surface area contributed by atoms with Gasteiger partial charge in [-0.25, -0.2) is 0 Å². The lowest BCUT2D eigenvalue weighted by Gasteiger charge is -2.08. The van der Waals surface area contributed by atoms with Crippen molar-refractivity contribution < 1.29 is 9.53 Å². The SMILES string of the molecule is CCn1c(Cn2nnc(-c3ccccc3)n2)nnc1SCC(=O)Nc1ccc(OC)cc1. The van der Waals surface area contributed by atoms with Crippen molar-refractivity contribution in [3.05, 3.63) is 60.4 Å². The molecule has 0 fully saturated rings. The van der Waals surface area contributed by atoms with Crippen molar-refractivity contribution in [2.45, 2.75) is 25.2 Å². The van der Waals surface area contributed by atoms with Gasteiger partial charge in [0.15, 0.2) is 11.0 Å². The zero-order chi connectivity index (χ0) is 22.3. The minimum atomic E-state index is -0.127. The molecule has 2 heterocycles. The lowest BCUT2D eigenvalue weighted by Crippen LogP contribution is -2.15. The first-order valence-electron chi connectivity index (χ1n) is 9.98. The van der Waals surface area contributed by atoms with E-state index in [-0.39, 0.29) is 11.7 Å². The summed E-state index contributed by atoms with van der Waals surface area (Å²) in [7, 11) is 1.60. The number of thioether (sulfide) groups is 1. The molecule has 164 valence electrons. The number of anilines is 1. The molecule has 0 unspecified atom stereocenters. The standard InChI is InChI=1S/C21H22N8O2S/c1-3-28-18(13-29-26-20(24-27-29)15-7-5-4-6-8-15)23-25-21(28)32-14-19(30)22-16-9-11-17(31-2)12-10-16/h4-12H,3,13-14H2,1-2H3,(H,22,30).